The van der Waals surface area contributed by atoms with Gasteiger partial charge < -0.3 is 10.2 Å². The Balaban J connectivity index is 2.57. The highest BCUT2D eigenvalue weighted by Crippen LogP contribution is 2.31. The van der Waals surface area contributed by atoms with Gasteiger partial charge in [-0.2, -0.15) is 0 Å². The second-order valence-corrected chi connectivity index (χ2v) is 3.80. The van der Waals surface area contributed by atoms with Crippen LogP contribution in [0.1, 0.15) is 11.3 Å². The first-order chi connectivity index (χ1) is 6.18. The summed E-state index contributed by atoms with van der Waals surface area (Å²) in [5, 5.41) is 9.02. The van der Waals surface area contributed by atoms with Gasteiger partial charge in [0.2, 0.25) is 5.13 Å². The third-order valence-electron chi connectivity index (χ3n) is 1.81. The second-order valence-electron chi connectivity index (χ2n) is 2.80. The number of nitrogen functional groups attached to an aromatic ring is 1. The van der Waals surface area contributed by atoms with Crippen LogP contribution in [0.4, 0.5) is 5.13 Å². The van der Waals surface area contributed by atoms with Crippen LogP contribution in [0.5, 0.6) is 0 Å². The number of furan rings is 1. The van der Waals surface area contributed by atoms with E-state index in [0.717, 1.165) is 21.9 Å². The van der Waals surface area contributed by atoms with Crippen molar-refractivity contribution in [3.8, 4) is 10.6 Å². The SMILES string of the molecule is Cc1coc(C)c1-c1nnc(N)s1. The first kappa shape index (κ1) is 8.25. The van der Waals surface area contributed by atoms with Crippen LogP contribution in [-0.4, -0.2) is 10.2 Å². The van der Waals surface area contributed by atoms with E-state index in [1.54, 1.807) is 6.26 Å². The maximum absolute atomic E-state index is 5.50. The smallest absolute Gasteiger partial charge is 0.203 e. The normalized spacial score (nSPS) is 10.6. The van der Waals surface area contributed by atoms with Crippen LogP contribution in [0.2, 0.25) is 0 Å². The van der Waals surface area contributed by atoms with Crippen molar-refractivity contribution in [2.45, 2.75) is 13.8 Å². The van der Waals surface area contributed by atoms with E-state index in [9.17, 15) is 0 Å². The molecular formula is C8H9N3OS. The van der Waals surface area contributed by atoms with E-state index in [4.69, 9.17) is 10.2 Å². The molecule has 0 aliphatic carbocycles. The van der Waals surface area contributed by atoms with E-state index in [1.807, 2.05) is 13.8 Å². The highest BCUT2D eigenvalue weighted by Gasteiger charge is 2.13. The number of hydrogen-bond acceptors (Lipinski definition) is 5. The number of nitrogens with two attached hydrogens (primary N) is 1. The molecule has 0 fully saturated rings. The fourth-order valence-corrected chi connectivity index (χ4v) is 2.00. The fraction of sp³-hybridized carbons (Fsp3) is 0.250. The summed E-state index contributed by atoms with van der Waals surface area (Å²) in [6.45, 7) is 3.88. The lowest BCUT2D eigenvalue weighted by Gasteiger charge is -1.91. The zero-order valence-corrected chi connectivity index (χ0v) is 8.18. The Morgan fingerprint density at radius 2 is 2.15 bits per heavy atom. The topological polar surface area (TPSA) is 64.9 Å². The molecule has 0 aliphatic heterocycles. The third-order valence-corrected chi connectivity index (χ3v) is 2.58. The number of anilines is 1. The maximum Gasteiger partial charge on any atom is 0.203 e. The van der Waals surface area contributed by atoms with Crippen molar-refractivity contribution >= 4 is 16.5 Å². The van der Waals surface area contributed by atoms with Gasteiger partial charge in [-0.3, -0.25) is 0 Å². The molecule has 0 atom stereocenters. The van der Waals surface area contributed by atoms with Gasteiger partial charge in [-0.1, -0.05) is 11.3 Å². The summed E-state index contributed by atoms with van der Waals surface area (Å²) < 4.78 is 5.26. The zero-order chi connectivity index (χ0) is 9.42. The van der Waals surface area contributed by atoms with Crippen LogP contribution in [0.3, 0.4) is 0 Å². The Morgan fingerprint density at radius 3 is 2.62 bits per heavy atom. The summed E-state index contributed by atoms with van der Waals surface area (Å²) in [4.78, 5) is 0. The molecule has 0 unspecified atom stereocenters. The lowest BCUT2D eigenvalue weighted by atomic mass is 10.2. The van der Waals surface area contributed by atoms with Gasteiger partial charge in [0, 0.05) is 0 Å². The van der Waals surface area contributed by atoms with Crippen LogP contribution in [0.25, 0.3) is 10.6 Å². The summed E-state index contributed by atoms with van der Waals surface area (Å²) in [6, 6.07) is 0. The molecule has 2 aromatic heterocycles. The van der Waals surface area contributed by atoms with Gasteiger partial charge in [-0.05, 0) is 19.4 Å². The second kappa shape index (κ2) is 2.85. The van der Waals surface area contributed by atoms with Gasteiger partial charge in [0.05, 0.1) is 11.8 Å². The molecule has 0 saturated carbocycles. The number of hydrogen-bond donors (Lipinski definition) is 1. The molecule has 5 heteroatoms. The van der Waals surface area contributed by atoms with Crippen molar-refractivity contribution in [2.75, 3.05) is 5.73 Å². The Labute approximate surface area is 79.4 Å². The number of nitrogens with zero attached hydrogens (tertiary/aromatic N) is 2. The van der Waals surface area contributed by atoms with E-state index in [1.165, 1.54) is 11.3 Å². The summed E-state index contributed by atoms with van der Waals surface area (Å²) in [5.41, 5.74) is 7.57. The quantitative estimate of drug-likeness (QED) is 0.755. The van der Waals surface area contributed by atoms with Crippen molar-refractivity contribution in [3.63, 3.8) is 0 Å². The lowest BCUT2D eigenvalue weighted by molar-refractivity contribution is 0.534. The molecule has 2 aromatic rings. The standard InChI is InChI=1S/C8H9N3OS/c1-4-3-12-5(2)6(4)7-10-11-8(9)13-7/h3H,1-2H3,(H2,9,11). The van der Waals surface area contributed by atoms with Gasteiger partial charge in [0.15, 0.2) is 5.01 Å². The Hall–Kier alpha value is -1.36. The van der Waals surface area contributed by atoms with E-state index in [0.29, 0.717) is 5.13 Å². The lowest BCUT2D eigenvalue weighted by Crippen LogP contribution is -1.81. The minimum absolute atomic E-state index is 0.481. The van der Waals surface area contributed by atoms with E-state index in [2.05, 4.69) is 10.2 Å². The van der Waals surface area contributed by atoms with Gasteiger partial charge >= 0.3 is 0 Å². The monoisotopic (exact) mass is 195 g/mol. The number of aryl methyl sites for hydroxylation is 2. The molecule has 0 aliphatic rings. The molecular weight excluding hydrogens is 186 g/mol. The molecule has 2 rings (SSSR count). The van der Waals surface area contributed by atoms with Crippen LogP contribution < -0.4 is 5.73 Å². The molecule has 0 aromatic carbocycles. The van der Waals surface area contributed by atoms with Crippen LogP contribution >= 0.6 is 11.3 Å². The molecule has 0 spiro atoms. The molecule has 4 nitrogen and oxygen atoms in total. The summed E-state index contributed by atoms with van der Waals surface area (Å²) in [6.07, 6.45) is 1.71. The predicted octanol–water partition coefficient (Wildman–Crippen LogP) is 2.00. The summed E-state index contributed by atoms with van der Waals surface area (Å²) >= 11 is 1.37. The molecule has 0 bridgehead atoms. The minimum Gasteiger partial charge on any atom is -0.469 e. The Morgan fingerprint density at radius 1 is 1.38 bits per heavy atom. The van der Waals surface area contributed by atoms with Crippen LogP contribution in [-0.2, 0) is 0 Å². The van der Waals surface area contributed by atoms with Gasteiger partial charge in [-0.15, -0.1) is 10.2 Å². The van der Waals surface area contributed by atoms with Crippen LogP contribution in [0.15, 0.2) is 10.7 Å². The first-order valence-corrected chi connectivity index (χ1v) is 4.64. The third kappa shape index (κ3) is 1.31. The summed E-state index contributed by atoms with van der Waals surface area (Å²) in [5.74, 6) is 0.855. The van der Waals surface area contributed by atoms with Crippen molar-refractivity contribution in [2.24, 2.45) is 0 Å². The van der Waals surface area contributed by atoms with Gasteiger partial charge in [-0.25, -0.2) is 0 Å². The van der Waals surface area contributed by atoms with Crippen molar-refractivity contribution in [3.05, 3.63) is 17.6 Å². The predicted molar refractivity (Wildman–Crippen MR) is 51.5 cm³/mol. The fourth-order valence-electron chi connectivity index (χ4n) is 1.23. The Bertz CT molecular complexity index is 413. The van der Waals surface area contributed by atoms with Gasteiger partial charge in [0.25, 0.3) is 0 Å². The van der Waals surface area contributed by atoms with E-state index >= 15 is 0 Å². The maximum atomic E-state index is 5.50. The van der Waals surface area contributed by atoms with E-state index < -0.39 is 0 Å². The van der Waals surface area contributed by atoms with Crippen LogP contribution in [0, 0.1) is 13.8 Å². The summed E-state index contributed by atoms with van der Waals surface area (Å²) in [7, 11) is 0. The van der Waals surface area contributed by atoms with E-state index in [-0.39, 0.29) is 0 Å². The van der Waals surface area contributed by atoms with Crippen molar-refractivity contribution in [1.82, 2.24) is 10.2 Å². The number of aromatic nitrogens is 2. The molecule has 2 N–H and O–H groups in total. The van der Waals surface area contributed by atoms with Crippen molar-refractivity contribution in [1.29, 1.82) is 0 Å². The highest BCUT2D eigenvalue weighted by atomic mass is 32.1. The van der Waals surface area contributed by atoms with Gasteiger partial charge in [0.1, 0.15) is 5.76 Å². The number of rotatable bonds is 1. The van der Waals surface area contributed by atoms with Crippen molar-refractivity contribution < 1.29 is 4.42 Å². The molecule has 68 valence electrons. The first-order valence-electron chi connectivity index (χ1n) is 3.82. The molecule has 0 saturated heterocycles. The Kier molecular flexibility index (Phi) is 1.81. The largest absolute Gasteiger partial charge is 0.469 e. The molecule has 13 heavy (non-hydrogen) atoms. The molecule has 0 amide bonds. The molecule has 0 radical (unpaired) electrons. The average Bonchev–Trinajstić information content (AvgIpc) is 2.60. The minimum atomic E-state index is 0.481. The average molecular weight is 195 g/mol. The molecule has 2 heterocycles. The highest BCUT2D eigenvalue weighted by molar-refractivity contribution is 7.18. The zero-order valence-electron chi connectivity index (χ0n) is 7.37.